The van der Waals surface area contributed by atoms with Crippen molar-refractivity contribution in [3.63, 3.8) is 0 Å². The average molecular weight is 403 g/mol. The molecule has 1 fully saturated rings. The first-order valence-electron chi connectivity index (χ1n) is 9.42. The fraction of sp³-hybridized carbons (Fsp3) is 0.364. The molecule has 1 aliphatic rings. The van der Waals surface area contributed by atoms with Gasteiger partial charge in [0.2, 0.25) is 0 Å². The highest BCUT2D eigenvalue weighted by atomic mass is 19.4. The number of Topliss-reactive ketones (excluding diaryl/α,β-unsaturated/α-hetero) is 1. The van der Waals surface area contributed by atoms with Gasteiger partial charge < -0.3 is 15.6 Å². The van der Waals surface area contributed by atoms with E-state index in [1.807, 2.05) is 43.3 Å². The van der Waals surface area contributed by atoms with E-state index < -0.39 is 11.7 Å². The average Bonchev–Trinajstić information content (AvgIpc) is 3.17. The second-order valence-electron chi connectivity index (χ2n) is 7.57. The van der Waals surface area contributed by atoms with Crippen LogP contribution >= 0.6 is 0 Å². The molecule has 2 N–H and O–H groups in total. The summed E-state index contributed by atoms with van der Waals surface area (Å²) >= 11 is 0. The summed E-state index contributed by atoms with van der Waals surface area (Å²) in [4.78, 5) is 14.6. The molecule has 1 saturated heterocycles. The molecule has 3 rings (SSSR count). The Morgan fingerprint density at radius 1 is 1.07 bits per heavy atom. The van der Waals surface area contributed by atoms with E-state index in [0.29, 0.717) is 18.7 Å². The van der Waals surface area contributed by atoms with E-state index >= 15 is 0 Å². The van der Waals surface area contributed by atoms with E-state index in [4.69, 9.17) is 5.41 Å². The summed E-state index contributed by atoms with van der Waals surface area (Å²) in [5, 5.41) is 11.6. The van der Waals surface area contributed by atoms with Gasteiger partial charge in [-0.05, 0) is 35.4 Å². The van der Waals surface area contributed by atoms with Crippen LogP contribution in [0.5, 0.6) is 0 Å². The maximum absolute atomic E-state index is 12.8. The van der Waals surface area contributed by atoms with Gasteiger partial charge in [-0.1, -0.05) is 24.3 Å². The van der Waals surface area contributed by atoms with Crippen LogP contribution in [0.3, 0.4) is 0 Å². The predicted octanol–water partition coefficient (Wildman–Crippen LogP) is 3.91. The molecule has 0 saturated carbocycles. The normalized spacial score (nSPS) is 19.2. The standard InChI is InChI=1S/C22H24F3N3O/c1-28(2)17-9-3-14(4-10-17)11-20(29)21(26)19-13-27-12-18(19)15-5-7-16(8-6-15)22(23,24)25/h3-10,18-19,26-27H,11-13H2,1-2H3/t18-,19+/m1/s1. The minimum absolute atomic E-state index is 0.0246. The van der Waals surface area contributed by atoms with Gasteiger partial charge in [-0.25, -0.2) is 0 Å². The second kappa shape index (κ2) is 8.37. The molecule has 29 heavy (non-hydrogen) atoms. The Labute approximate surface area is 168 Å². The molecule has 0 unspecified atom stereocenters. The Hall–Kier alpha value is -2.67. The third kappa shape index (κ3) is 4.85. The van der Waals surface area contributed by atoms with Crippen LogP contribution < -0.4 is 10.2 Å². The molecular formula is C22H24F3N3O. The van der Waals surface area contributed by atoms with Gasteiger partial charge in [0.1, 0.15) is 0 Å². The molecule has 7 heteroatoms. The zero-order chi connectivity index (χ0) is 21.2. The Bertz CT molecular complexity index is 874. The highest BCUT2D eigenvalue weighted by Crippen LogP contribution is 2.33. The van der Waals surface area contributed by atoms with Crippen molar-refractivity contribution in [1.29, 1.82) is 5.41 Å². The molecule has 0 aromatic heterocycles. The van der Waals surface area contributed by atoms with Gasteiger partial charge in [0.05, 0.1) is 11.3 Å². The summed E-state index contributed by atoms with van der Waals surface area (Å²) < 4.78 is 38.4. The van der Waals surface area contributed by atoms with Crippen molar-refractivity contribution < 1.29 is 18.0 Å². The molecule has 154 valence electrons. The van der Waals surface area contributed by atoms with Crippen molar-refractivity contribution in [3.8, 4) is 0 Å². The van der Waals surface area contributed by atoms with E-state index in [1.165, 1.54) is 12.1 Å². The number of benzene rings is 2. The van der Waals surface area contributed by atoms with Crippen molar-refractivity contribution >= 4 is 17.2 Å². The molecule has 0 amide bonds. The zero-order valence-electron chi connectivity index (χ0n) is 16.4. The molecule has 1 aliphatic heterocycles. The lowest BCUT2D eigenvalue weighted by Gasteiger charge is -2.20. The molecule has 2 aromatic rings. The number of carbonyl (C=O) groups excluding carboxylic acids is 1. The molecule has 2 atom stereocenters. The van der Waals surface area contributed by atoms with Gasteiger partial charge in [-0.2, -0.15) is 13.2 Å². The highest BCUT2D eigenvalue weighted by molar-refractivity contribution is 6.40. The first-order valence-corrected chi connectivity index (χ1v) is 9.42. The van der Waals surface area contributed by atoms with Gasteiger partial charge in [0, 0.05) is 51.1 Å². The summed E-state index contributed by atoms with van der Waals surface area (Å²) in [5.41, 5.74) is 1.90. The first-order chi connectivity index (χ1) is 13.7. The van der Waals surface area contributed by atoms with Crippen molar-refractivity contribution in [2.24, 2.45) is 5.92 Å². The van der Waals surface area contributed by atoms with Crippen LogP contribution in [-0.4, -0.2) is 38.7 Å². The van der Waals surface area contributed by atoms with Crippen LogP contribution in [0.2, 0.25) is 0 Å². The number of hydrogen-bond acceptors (Lipinski definition) is 4. The van der Waals surface area contributed by atoms with Crippen molar-refractivity contribution in [1.82, 2.24) is 5.32 Å². The lowest BCUT2D eigenvalue weighted by atomic mass is 9.83. The molecule has 4 nitrogen and oxygen atoms in total. The number of nitrogens with one attached hydrogen (secondary N) is 2. The Balaban J connectivity index is 1.69. The highest BCUT2D eigenvalue weighted by Gasteiger charge is 2.35. The minimum Gasteiger partial charge on any atom is -0.378 e. The Morgan fingerprint density at radius 3 is 2.24 bits per heavy atom. The summed E-state index contributed by atoms with van der Waals surface area (Å²) in [6, 6.07) is 12.6. The quantitative estimate of drug-likeness (QED) is 0.719. The molecule has 0 radical (unpaired) electrons. The molecule has 0 spiro atoms. The lowest BCUT2D eigenvalue weighted by molar-refractivity contribution is -0.137. The van der Waals surface area contributed by atoms with Gasteiger partial charge >= 0.3 is 6.18 Å². The number of alkyl halides is 3. The van der Waals surface area contributed by atoms with E-state index in [9.17, 15) is 18.0 Å². The van der Waals surface area contributed by atoms with Crippen LogP contribution in [-0.2, 0) is 17.4 Å². The van der Waals surface area contributed by atoms with Crippen molar-refractivity contribution in [2.75, 3.05) is 32.1 Å². The van der Waals surface area contributed by atoms with Crippen molar-refractivity contribution in [2.45, 2.75) is 18.5 Å². The van der Waals surface area contributed by atoms with Crippen LogP contribution in [0.15, 0.2) is 48.5 Å². The number of halogens is 3. The third-order valence-electron chi connectivity index (χ3n) is 5.37. The zero-order valence-corrected chi connectivity index (χ0v) is 16.4. The maximum atomic E-state index is 12.8. The van der Waals surface area contributed by atoms with E-state index in [1.54, 1.807) is 0 Å². The predicted molar refractivity (Wildman–Crippen MR) is 108 cm³/mol. The fourth-order valence-electron chi connectivity index (χ4n) is 3.65. The third-order valence-corrected chi connectivity index (χ3v) is 5.37. The number of anilines is 1. The first kappa shape index (κ1) is 21.0. The molecule has 0 bridgehead atoms. The van der Waals surface area contributed by atoms with E-state index in [0.717, 1.165) is 23.4 Å². The molecule has 2 aromatic carbocycles. The number of rotatable bonds is 6. The largest absolute Gasteiger partial charge is 0.416 e. The smallest absolute Gasteiger partial charge is 0.378 e. The number of ketones is 1. The number of nitrogens with zero attached hydrogens (tertiary/aromatic N) is 1. The Kier molecular flexibility index (Phi) is 6.07. The number of carbonyl (C=O) groups is 1. The molecule has 1 heterocycles. The van der Waals surface area contributed by atoms with Gasteiger partial charge in [-0.15, -0.1) is 0 Å². The van der Waals surface area contributed by atoms with Crippen LogP contribution in [0.1, 0.15) is 22.6 Å². The Morgan fingerprint density at radius 2 is 1.69 bits per heavy atom. The molecular weight excluding hydrogens is 379 g/mol. The maximum Gasteiger partial charge on any atom is 0.416 e. The van der Waals surface area contributed by atoms with E-state index in [-0.39, 0.29) is 29.8 Å². The van der Waals surface area contributed by atoms with Crippen LogP contribution in [0.4, 0.5) is 18.9 Å². The monoisotopic (exact) mass is 403 g/mol. The summed E-state index contributed by atoms with van der Waals surface area (Å²) in [7, 11) is 3.87. The molecule has 0 aliphatic carbocycles. The van der Waals surface area contributed by atoms with Crippen LogP contribution in [0.25, 0.3) is 0 Å². The fourth-order valence-corrected chi connectivity index (χ4v) is 3.65. The van der Waals surface area contributed by atoms with Crippen molar-refractivity contribution in [3.05, 3.63) is 65.2 Å². The summed E-state index contributed by atoms with van der Waals surface area (Å²) in [6.07, 6.45) is -4.24. The van der Waals surface area contributed by atoms with Gasteiger partial charge in [0.25, 0.3) is 0 Å². The van der Waals surface area contributed by atoms with Gasteiger partial charge in [0.15, 0.2) is 5.78 Å². The van der Waals surface area contributed by atoms with Crippen LogP contribution in [0, 0.1) is 11.3 Å². The summed E-state index contributed by atoms with van der Waals surface area (Å²) in [5.74, 6) is -0.793. The van der Waals surface area contributed by atoms with E-state index in [2.05, 4.69) is 5.32 Å². The topological polar surface area (TPSA) is 56.2 Å². The summed E-state index contributed by atoms with van der Waals surface area (Å²) in [6.45, 7) is 0.999. The minimum atomic E-state index is -4.38. The second-order valence-corrected chi connectivity index (χ2v) is 7.57. The number of hydrogen-bond donors (Lipinski definition) is 2. The lowest BCUT2D eigenvalue weighted by Crippen LogP contribution is -2.29. The van der Waals surface area contributed by atoms with Gasteiger partial charge in [-0.3, -0.25) is 4.79 Å². The SMILES string of the molecule is CN(C)c1ccc(CC(=O)C(=N)[C@H]2CNC[C@@H]2c2ccc(C(F)(F)F)cc2)cc1.